The average Bonchev–Trinajstić information content (AvgIpc) is 2.67. The van der Waals surface area contributed by atoms with Crippen LogP contribution in [0.25, 0.3) is 33.9 Å². The number of benzene rings is 2. The summed E-state index contributed by atoms with van der Waals surface area (Å²) in [6.45, 7) is 0. The molecule has 2 N–H and O–H groups in total. The number of rotatable bonds is 3. The summed E-state index contributed by atoms with van der Waals surface area (Å²) in [5, 5.41) is 21.0. The van der Waals surface area contributed by atoms with E-state index in [1.54, 1.807) is 19.2 Å². The molecular formula is C21H18O6. The molecule has 138 valence electrons. The van der Waals surface area contributed by atoms with Crippen LogP contribution in [-0.4, -0.2) is 30.2 Å². The van der Waals surface area contributed by atoms with Gasteiger partial charge in [-0.3, -0.25) is 4.79 Å². The average molecular weight is 366 g/mol. The normalized spacial score (nSPS) is 18.9. The van der Waals surface area contributed by atoms with Crippen molar-refractivity contribution in [3.05, 3.63) is 63.3 Å². The minimum absolute atomic E-state index is 0.0519. The van der Waals surface area contributed by atoms with Crippen LogP contribution in [0.3, 0.4) is 0 Å². The minimum atomic E-state index is -1.70. The fourth-order valence-corrected chi connectivity index (χ4v) is 3.27. The van der Waals surface area contributed by atoms with Crippen molar-refractivity contribution in [2.45, 2.75) is 12.2 Å². The van der Waals surface area contributed by atoms with Crippen LogP contribution in [-0.2, 0) is 4.74 Å². The van der Waals surface area contributed by atoms with Crippen LogP contribution in [0.4, 0.5) is 0 Å². The highest BCUT2D eigenvalue weighted by atomic mass is 16.6. The van der Waals surface area contributed by atoms with Gasteiger partial charge >= 0.3 is 0 Å². The highest BCUT2D eigenvalue weighted by molar-refractivity contribution is 5.83. The van der Waals surface area contributed by atoms with Crippen molar-refractivity contribution < 1.29 is 24.1 Å². The molecule has 0 radical (unpaired) electrons. The number of aliphatic hydroxyl groups excluding tert-OH is 1. The Labute approximate surface area is 154 Å². The molecule has 6 nitrogen and oxygen atoms in total. The molecule has 0 amide bonds. The van der Waals surface area contributed by atoms with Gasteiger partial charge in [0.1, 0.15) is 27.7 Å². The van der Waals surface area contributed by atoms with E-state index in [-0.39, 0.29) is 28.2 Å². The second-order valence-corrected chi connectivity index (χ2v) is 6.43. The molecule has 27 heavy (non-hydrogen) atoms. The standard InChI is InChI=1S/C21H18O6/c1-25-14-6-3-12(4-7-14)13-5-8-17-15(9-13)20(23)19-16(22)10-21(24,26-2)11-18(19)27-17/h3-9,11,22,24H,10H2,1-2H3. The summed E-state index contributed by atoms with van der Waals surface area (Å²) in [5.74, 6) is -1.22. The largest absolute Gasteiger partial charge is 0.511 e. The van der Waals surface area contributed by atoms with Gasteiger partial charge < -0.3 is 24.1 Å². The van der Waals surface area contributed by atoms with Gasteiger partial charge in [-0.1, -0.05) is 18.2 Å². The molecule has 0 saturated carbocycles. The van der Waals surface area contributed by atoms with E-state index in [9.17, 15) is 15.0 Å². The molecule has 3 aromatic rings. The van der Waals surface area contributed by atoms with Gasteiger partial charge in [0.2, 0.25) is 5.43 Å². The first-order chi connectivity index (χ1) is 12.9. The van der Waals surface area contributed by atoms with Gasteiger partial charge in [-0.2, -0.15) is 0 Å². The Balaban J connectivity index is 1.95. The second kappa shape index (κ2) is 6.26. The summed E-state index contributed by atoms with van der Waals surface area (Å²) < 4.78 is 15.9. The van der Waals surface area contributed by atoms with Gasteiger partial charge in [-0.25, -0.2) is 0 Å². The summed E-state index contributed by atoms with van der Waals surface area (Å²) in [7, 11) is 2.92. The molecule has 4 rings (SSSR count). The monoisotopic (exact) mass is 366 g/mol. The third kappa shape index (κ3) is 2.89. The van der Waals surface area contributed by atoms with Crippen LogP contribution in [0, 0.1) is 0 Å². The maximum atomic E-state index is 13.0. The number of methoxy groups -OCH3 is 2. The lowest BCUT2D eigenvalue weighted by atomic mass is 10.0. The van der Waals surface area contributed by atoms with Crippen LogP contribution in [0.2, 0.25) is 0 Å². The minimum Gasteiger partial charge on any atom is -0.511 e. The van der Waals surface area contributed by atoms with Crippen molar-refractivity contribution in [1.29, 1.82) is 0 Å². The van der Waals surface area contributed by atoms with Gasteiger partial charge in [-0.15, -0.1) is 0 Å². The van der Waals surface area contributed by atoms with Crippen molar-refractivity contribution in [1.82, 2.24) is 0 Å². The van der Waals surface area contributed by atoms with Crippen molar-refractivity contribution in [2.75, 3.05) is 14.2 Å². The number of aliphatic hydroxyl groups is 2. The molecule has 2 aromatic carbocycles. The lowest BCUT2D eigenvalue weighted by molar-refractivity contribution is -0.131. The quantitative estimate of drug-likeness (QED) is 0.686. The van der Waals surface area contributed by atoms with Crippen LogP contribution in [0.15, 0.2) is 51.7 Å². The van der Waals surface area contributed by atoms with E-state index in [0.29, 0.717) is 11.0 Å². The first-order valence-corrected chi connectivity index (χ1v) is 8.38. The predicted molar refractivity (Wildman–Crippen MR) is 101 cm³/mol. The fourth-order valence-electron chi connectivity index (χ4n) is 3.27. The topological polar surface area (TPSA) is 89.1 Å². The van der Waals surface area contributed by atoms with E-state index in [4.69, 9.17) is 13.9 Å². The van der Waals surface area contributed by atoms with Gasteiger partial charge in [0, 0.05) is 13.2 Å². The molecule has 0 spiro atoms. The maximum Gasteiger partial charge on any atom is 0.203 e. The summed E-state index contributed by atoms with van der Waals surface area (Å²) in [6, 6.07) is 12.8. The molecule has 1 aromatic heterocycles. The van der Waals surface area contributed by atoms with E-state index < -0.39 is 5.79 Å². The highest BCUT2D eigenvalue weighted by Crippen LogP contribution is 2.25. The summed E-state index contributed by atoms with van der Waals surface area (Å²) in [5.41, 5.74) is 1.86. The number of hydrogen-bond acceptors (Lipinski definition) is 6. The second-order valence-electron chi connectivity index (χ2n) is 6.43. The summed E-state index contributed by atoms with van der Waals surface area (Å²) in [6.07, 6.45) is 1.09. The Morgan fingerprint density at radius 2 is 1.78 bits per heavy atom. The lowest BCUT2D eigenvalue weighted by Crippen LogP contribution is -2.48. The van der Waals surface area contributed by atoms with E-state index in [0.717, 1.165) is 16.9 Å². The van der Waals surface area contributed by atoms with E-state index in [1.165, 1.54) is 13.2 Å². The van der Waals surface area contributed by atoms with Crippen LogP contribution in [0.5, 0.6) is 5.75 Å². The van der Waals surface area contributed by atoms with Gasteiger partial charge in [-0.05, 0) is 35.4 Å². The van der Waals surface area contributed by atoms with Crippen LogP contribution >= 0.6 is 0 Å². The third-order valence-electron chi connectivity index (χ3n) is 4.76. The van der Waals surface area contributed by atoms with E-state index >= 15 is 0 Å². The van der Waals surface area contributed by atoms with Crippen molar-refractivity contribution >= 4 is 22.8 Å². The molecule has 1 atom stereocenters. The molecule has 0 bridgehead atoms. The smallest absolute Gasteiger partial charge is 0.203 e. The first-order valence-electron chi connectivity index (χ1n) is 8.38. The summed E-state index contributed by atoms with van der Waals surface area (Å²) in [4.78, 5) is 13.0. The Hall–Kier alpha value is -3.09. The zero-order chi connectivity index (χ0) is 19.2. The first kappa shape index (κ1) is 17.3. The molecule has 0 saturated heterocycles. The molecular weight excluding hydrogens is 348 g/mol. The van der Waals surface area contributed by atoms with Crippen molar-refractivity contribution in [2.24, 2.45) is 0 Å². The zero-order valence-electron chi connectivity index (χ0n) is 14.9. The lowest BCUT2D eigenvalue weighted by Gasteiger charge is -2.24. The molecule has 1 aliphatic rings. The highest BCUT2D eigenvalue weighted by Gasteiger charge is 2.30. The summed E-state index contributed by atoms with van der Waals surface area (Å²) >= 11 is 0. The maximum absolute atomic E-state index is 13.0. The molecule has 0 aliphatic heterocycles. The zero-order valence-corrected chi connectivity index (χ0v) is 14.9. The number of hydrogen-bond donors (Lipinski definition) is 2. The Kier molecular flexibility index (Phi) is 4.02. The number of fused-ring (bicyclic) bond motifs is 2. The van der Waals surface area contributed by atoms with Crippen molar-refractivity contribution in [3.63, 3.8) is 0 Å². The van der Waals surface area contributed by atoms with Gasteiger partial charge in [0.15, 0.2) is 5.79 Å². The van der Waals surface area contributed by atoms with Gasteiger partial charge in [0.25, 0.3) is 0 Å². The van der Waals surface area contributed by atoms with E-state index in [2.05, 4.69) is 0 Å². The van der Waals surface area contributed by atoms with E-state index in [1.807, 2.05) is 30.3 Å². The molecule has 6 heteroatoms. The Morgan fingerprint density at radius 1 is 1.07 bits per heavy atom. The molecule has 0 fully saturated rings. The predicted octanol–water partition coefficient (Wildman–Crippen LogP) is 1.65. The SMILES string of the molecule is COc1ccc(-c2ccc3oc4c(c(=O)c3c2)=C(O)CC(O)(OC)C=4)cc1. The molecule has 1 aliphatic carbocycles. The van der Waals surface area contributed by atoms with Gasteiger partial charge in [0.05, 0.1) is 18.9 Å². The van der Waals surface area contributed by atoms with Crippen LogP contribution < -0.4 is 20.8 Å². The number of ether oxygens (including phenoxy) is 2. The fraction of sp³-hybridized carbons (Fsp3) is 0.190. The molecule has 1 heterocycles. The van der Waals surface area contributed by atoms with Crippen molar-refractivity contribution in [3.8, 4) is 16.9 Å². The van der Waals surface area contributed by atoms with Crippen LogP contribution in [0.1, 0.15) is 6.42 Å². The Bertz CT molecular complexity index is 1210. The Morgan fingerprint density at radius 3 is 2.44 bits per heavy atom. The molecule has 1 unspecified atom stereocenters. The third-order valence-corrected chi connectivity index (χ3v) is 4.76.